The smallest absolute Gasteiger partial charge is 0.163 e. The van der Waals surface area contributed by atoms with Crippen LogP contribution >= 0.6 is 0 Å². The fraction of sp³-hybridized carbons (Fsp3) is 0.214. The third kappa shape index (κ3) is 2.30. The first-order valence-corrected chi connectivity index (χ1v) is 5.64. The molecule has 18 heavy (non-hydrogen) atoms. The van der Waals surface area contributed by atoms with Gasteiger partial charge in [-0.05, 0) is 12.5 Å². The monoisotopic (exact) mass is 238 g/mol. The number of aryl methyl sites for hydroxylation is 1. The fourth-order valence-electron chi connectivity index (χ4n) is 1.67. The van der Waals surface area contributed by atoms with Gasteiger partial charge in [-0.3, -0.25) is 0 Å². The van der Waals surface area contributed by atoms with Crippen LogP contribution in [0.1, 0.15) is 11.3 Å². The second-order valence-electron chi connectivity index (χ2n) is 4.26. The number of nitrogens with zero attached hydrogens (tertiary/aromatic N) is 4. The molecule has 4 nitrogen and oxygen atoms in total. The average molecular weight is 238 g/mol. The number of hydrogen-bond donors (Lipinski definition) is 0. The van der Waals surface area contributed by atoms with Gasteiger partial charge >= 0.3 is 0 Å². The first-order chi connectivity index (χ1) is 8.61. The van der Waals surface area contributed by atoms with Crippen LogP contribution < -0.4 is 4.90 Å². The Morgan fingerprint density at radius 3 is 2.50 bits per heavy atom. The van der Waals surface area contributed by atoms with E-state index in [2.05, 4.69) is 16.0 Å². The van der Waals surface area contributed by atoms with Gasteiger partial charge in [0, 0.05) is 25.7 Å². The molecule has 0 amide bonds. The van der Waals surface area contributed by atoms with Crippen LogP contribution in [0.15, 0.2) is 30.3 Å². The van der Waals surface area contributed by atoms with Crippen LogP contribution in [0.4, 0.5) is 5.82 Å². The molecular formula is C14H14N4. The van der Waals surface area contributed by atoms with E-state index < -0.39 is 0 Å². The van der Waals surface area contributed by atoms with E-state index in [0.29, 0.717) is 11.5 Å². The molecule has 4 heteroatoms. The molecule has 0 aliphatic carbocycles. The highest BCUT2D eigenvalue weighted by Crippen LogP contribution is 2.22. The first-order valence-electron chi connectivity index (χ1n) is 5.64. The molecule has 0 aliphatic heterocycles. The van der Waals surface area contributed by atoms with Crippen LogP contribution in [-0.4, -0.2) is 24.1 Å². The number of anilines is 1. The Morgan fingerprint density at radius 2 is 1.89 bits per heavy atom. The summed E-state index contributed by atoms with van der Waals surface area (Å²) in [4.78, 5) is 10.6. The first kappa shape index (κ1) is 12.1. The second-order valence-corrected chi connectivity index (χ2v) is 4.26. The third-order valence-electron chi connectivity index (χ3n) is 2.67. The predicted octanol–water partition coefficient (Wildman–Crippen LogP) is 2.39. The van der Waals surface area contributed by atoms with Gasteiger partial charge in [0.25, 0.3) is 0 Å². The van der Waals surface area contributed by atoms with E-state index in [1.165, 1.54) is 0 Å². The Hall–Kier alpha value is -2.41. The van der Waals surface area contributed by atoms with Crippen LogP contribution in [-0.2, 0) is 0 Å². The van der Waals surface area contributed by atoms with Gasteiger partial charge in [0.2, 0.25) is 0 Å². The van der Waals surface area contributed by atoms with Gasteiger partial charge in [0.05, 0.1) is 0 Å². The number of nitriles is 1. The Bertz CT molecular complexity index is 611. The van der Waals surface area contributed by atoms with E-state index in [1.807, 2.05) is 50.2 Å². The highest BCUT2D eigenvalue weighted by Gasteiger charge is 2.09. The van der Waals surface area contributed by atoms with Gasteiger partial charge in [-0.15, -0.1) is 0 Å². The maximum atomic E-state index is 9.03. The molecular weight excluding hydrogens is 224 g/mol. The van der Waals surface area contributed by atoms with Crippen LogP contribution in [0.3, 0.4) is 0 Å². The van der Waals surface area contributed by atoms with Crippen molar-refractivity contribution in [2.75, 3.05) is 19.0 Å². The summed E-state index contributed by atoms with van der Waals surface area (Å²) in [5, 5.41) is 9.03. The van der Waals surface area contributed by atoms with Gasteiger partial charge < -0.3 is 4.90 Å². The standard InChI is InChI=1S/C14H14N4/c1-10-6-4-5-7-12(10)14-16-11(9-15)8-13(17-14)18(2)3/h4-8H,1-3H3. The second kappa shape index (κ2) is 4.84. The molecule has 0 bridgehead atoms. The maximum Gasteiger partial charge on any atom is 0.163 e. The largest absolute Gasteiger partial charge is 0.363 e. The van der Waals surface area contributed by atoms with Gasteiger partial charge in [-0.1, -0.05) is 24.3 Å². The van der Waals surface area contributed by atoms with E-state index in [-0.39, 0.29) is 0 Å². The molecule has 0 radical (unpaired) electrons. The lowest BCUT2D eigenvalue weighted by molar-refractivity contribution is 1.03. The maximum absolute atomic E-state index is 9.03. The highest BCUT2D eigenvalue weighted by molar-refractivity contribution is 5.62. The topological polar surface area (TPSA) is 52.8 Å². The van der Waals surface area contributed by atoms with E-state index in [4.69, 9.17) is 5.26 Å². The normalized spacial score (nSPS) is 9.89. The molecule has 0 unspecified atom stereocenters. The zero-order valence-electron chi connectivity index (χ0n) is 10.7. The Labute approximate surface area is 107 Å². The molecule has 0 N–H and O–H groups in total. The molecule has 0 atom stereocenters. The molecule has 0 saturated heterocycles. The summed E-state index contributed by atoms with van der Waals surface area (Å²) in [5.74, 6) is 1.33. The molecule has 0 saturated carbocycles. The summed E-state index contributed by atoms with van der Waals surface area (Å²) >= 11 is 0. The molecule has 2 aromatic rings. The van der Waals surface area contributed by atoms with E-state index in [1.54, 1.807) is 6.07 Å². The summed E-state index contributed by atoms with van der Waals surface area (Å²) in [6, 6.07) is 11.6. The number of rotatable bonds is 2. The number of aromatic nitrogens is 2. The lowest BCUT2D eigenvalue weighted by Crippen LogP contribution is -2.12. The lowest BCUT2D eigenvalue weighted by atomic mass is 10.1. The van der Waals surface area contributed by atoms with Gasteiger partial charge in [-0.25, -0.2) is 9.97 Å². The minimum atomic E-state index is 0.381. The summed E-state index contributed by atoms with van der Waals surface area (Å²) in [5.41, 5.74) is 2.43. The van der Waals surface area contributed by atoms with Crippen molar-refractivity contribution in [3.63, 3.8) is 0 Å². The van der Waals surface area contributed by atoms with Crippen LogP contribution in [0.25, 0.3) is 11.4 Å². The van der Waals surface area contributed by atoms with Gasteiger partial charge in [-0.2, -0.15) is 5.26 Å². The zero-order chi connectivity index (χ0) is 13.1. The van der Waals surface area contributed by atoms with Crippen molar-refractivity contribution in [3.05, 3.63) is 41.6 Å². The minimum Gasteiger partial charge on any atom is -0.363 e. The fourth-order valence-corrected chi connectivity index (χ4v) is 1.67. The molecule has 1 aromatic carbocycles. The summed E-state index contributed by atoms with van der Waals surface area (Å²) in [7, 11) is 3.79. The van der Waals surface area contributed by atoms with Crippen molar-refractivity contribution >= 4 is 5.82 Å². The van der Waals surface area contributed by atoms with Crippen LogP contribution in [0, 0.1) is 18.3 Å². The van der Waals surface area contributed by atoms with E-state index >= 15 is 0 Å². The van der Waals surface area contributed by atoms with Crippen molar-refractivity contribution < 1.29 is 0 Å². The van der Waals surface area contributed by atoms with Crippen molar-refractivity contribution in [2.24, 2.45) is 0 Å². The zero-order valence-corrected chi connectivity index (χ0v) is 10.7. The van der Waals surface area contributed by atoms with Gasteiger partial charge in [0.15, 0.2) is 5.82 Å². The van der Waals surface area contributed by atoms with E-state index in [9.17, 15) is 0 Å². The Balaban J connectivity index is 2.62. The summed E-state index contributed by atoms with van der Waals surface area (Å²) in [6.45, 7) is 2.01. The number of hydrogen-bond acceptors (Lipinski definition) is 4. The Morgan fingerprint density at radius 1 is 1.17 bits per heavy atom. The van der Waals surface area contributed by atoms with Crippen molar-refractivity contribution in [3.8, 4) is 17.5 Å². The number of benzene rings is 1. The quantitative estimate of drug-likeness (QED) is 0.806. The Kier molecular flexibility index (Phi) is 3.24. The van der Waals surface area contributed by atoms with Crippen LogP contribution in [0.5, 0.6) is 0 Å². The summed E-state index contributed by atoms with van der Waals surface area (Å²) < 4.78 is 0. The lowest BCUT2D eigenvalue weighted by Gasteiger charge is -2.13. The van der Waals surface area contributed by atoms with Crippen molar-refractivity contribution in [1.82, 2.24) is 9.97 Å². The van der Waals surface area contributed by atoms with Crippen molar-refractivity contribution in [1.29, 1.82) is 5.26 Å². The van der Waals surface area contributed by atoms with E-state index in [0.717, 1.165) is 16.9 Å². The van der Waals surface area contributed by atoms with Crippen molar-refractivity contribution in [2.45, 2.75) is 6.92 Å². The van der Waals surface area contributed by atoms with Crippen LogP contribution in [0.2, 0.25) is 0 Å². The molecule has 90 valence electrons. The summed E-state index contributed by atoms with van der Waals surface area (Å²) in [6.07, 6.45) is 0. The molecule has 0 aliphatic rings. The third-order valence-corrected chi connectivity index (χ3v) is 2.67. The highest BCUT2D eigenvalue weighted by atomic mass is 15.1. The minimum absolute atomic E-state index is 0.381. The SMILES string of the molecule is Cc1ccccc1-c1nc(C#N)cc(N(C)C)n1. The van der Waals surface area contributed by atoms with Gasteiger partial charge in [0.1, 0.15) is 17.6 Å². The predicted molar refractivity (Wildman–Crippen MR) is 71.2 cm³/mol. The molecule has 2 rings (SSSR count). The molecule has 1 heterocycles. The molecule has 0 spiro atoms. The molecule has 1 aromatic heterocycles. The molecule has 0 fully saturated rings. The average Bonchev–Trinajstić information content (AvgIpc) is 2.38.